The van der Waals surface area contributed by atoms with E-state index in [1.54, 1.807) is 0 Å². The van der Waals surface area contributed by atoms with E-state index < -0.39 is 0 Å². The Morgan fingerprint density at radius 3 is 2.39 bits per heavy atom. The lowest BCUT2D eigenvalue weighted by Crippen LogP contribution is -2.38. The van der Waals surface area contributed by atoms with Crippen LogP contribution in [0.1, 0.15) is 45.6 Å². The van der Waals surface area contributed by atoms with Crippen molar-refractivity contribution < 1.29 is 0 Å². The Bertz CT molecular complexity index is 383. The van der Waals surface area contributed by atoms with Crippen LogP contribution in [0.15, 0.2) is 42.5 Å². The third kappa shape index (κ3) is 3.46. The summed E-state index contributed by atoms with van der Waals surface area (Å²) in [6, 6.07) is 12.1. The Balaban J connectivity index is 1.91. The summed E-state index contributed by atoms with van der Waals surface area (Å²) in [6.07, 6.45) is 8.12. The van der Waals surface area contributed by atoms with E-state index in [2.05, 4.69) is 68.6 Å². The van der Waals surface area contributed by atoms with Crippen LogP contribution in [0.5, 0.6) is 0 Å². The Kier molecular flexibility index (Phi) is 4.23. The lowest BCUT2D eigenvalue weighted by atomic mass is 9.79. The fraction of sp³-hybridized carbons (Fsp3) is 0.529. The van der Waals surface area contributed by atoms with Crippen molar-refractivity contribution in [3.63, 3.8) is 0 Å². The first-order valence-electron chi connectivity index (χ1n) is 7.04. The molecule has 1 nitrogen and oxygen atoms in total. The maximum absolute atomic E-state index is 3.74. The summed E-state index contributed by atoms with van der Waals surface area (Å²) >= 11 is 0. The monoisotopic (exact) mass is 243 g/mol. The summed E-state index contributed by atoms with van der Waals surface area (Å²) in [7, 11) is 0. The average Bonchev–Trinajstić information content (AvgIpc) is 2.82. The van der Waals surface area contributed by atoms with E-state index in [0.717, 1.165) is 0 Å². The predicted octanol–water partition coefficient (Wildman–Crippen LogP) is 4.05. The van der Waals surface area contributed by atoms with Crippen molar-refractivity contribution in [1.29, 1.82) is 0 Å². The van der Waals surface area contributed by atoms with Crippen LogP contribution in [0.2, 0.25) is 0 Å². The maximum Gasteiger partial charge on any atom is 0.0138 e. The smallest absolute Gasteiger partial charge is 0.0138 e. The van der Waals surface area contributed by atoms with Gasteiger partial charge in [0.25, 0.3) is 0 Å². The van der Waals surface area contributed by atoms with E-state index in [1.807, 2.05) is 0 Å². The predicted molar refractivity (Wildman–Crippen MR) is 78.8 cm³/mol. The minimum Gasteiger partial charge on any atom is -0.311 e. The van der Waals surface area contributed by atoms with Gasteiger partial charge in [0.05, 0.1) is 0 Å². The van der Waals surface area contributed by atoms with Gasteiger partial charge in [-0.15, -0.1) is 0 Å². The van der Waals surface area contributed by atoms with E-state index in [-0.39, 0.29) is 5.41 Å². The van der Waals surface area contributed by atoms with E-state index in [4.69, 9.17) is 0 Å². The Labute approximate surface area is 111 Å². The molecule has 1 aliphatic rings. The fourth-order valence-corrected chi connectivity index (χ4v) is 2.99. The topological polar surface area (TPSA) is 12.0 Å². The summed E-state index contributed by atoms with van der Waals surface area (Å²) in [5.74, 6) is 0. The highest BCUT2D eigenvalue weighted by molar-refractivity contribution is 5.23. The lowest BCUT2D eigenvalue weighted by molar-refractivity contribution is 0.360. The molecule has 1 N–H and O–H groups in total. The largest absolute Gasteiger partial charge is 0.311 e. The zero-order valence-corrected chi connectivity index (χ0v) is 11.8. The molecule has 0 spiro atoms. The van der Waals surface area contributed by atoms with Crippen molar-refractivity contribution in [2.45, 2.75) is 57.5 Å². The first-order chi connectivity index (χ1) is 8.58. The van der Waals surface area contributed by atoms with Crippen LogP contribution in [0.4, 0.5) is 0 Å². The molecule has 2 rings (SSSR count). The van der Waals surface area contributed by atoms with Gasteiger partial charge in [0.2, 0.25) is 0 Å². The van der Waals surface area contributed by atoms with Crippen LogP contribution >= 0.6 is 0 Å². The number of hydrogen-bond acceptors (Lipinski definition) is 1. The highest BCUT2D eigenvalue weighted by atomic mass is 14.9. The molecule has 0 aliphatic heterocycles. The van der Waals surface area contributed by atoms with E-state index >= 15 is 0 Å². The molecule has 0 aromatic heterocycles. The Hall–Kier alpha value is -1.08. The molecule has 0 fully saturated rings. The highest BCUT2D eigenvalue weighted by Crippen LogP contribution is 2.28. The normalized spacial score (nSPS) is 18.2. The average molecular weight is 243 g/mol. The molecule has 0 saturated heterocycles. The molecule has 1 atom stereocenters. The second-order valence-electron chi connectivity index (χ2n) is 6.16. The maximum atomic E-state index is 3.74. The van der Waals surface area contributed by atoms with Gasteiger partial charge in [-0.05, 0) is 37.2 Å². The second kappa shape index (κ2) is 5.71. The molecule has 0 saturated carbocycles. The number of hydrogen-bond donors (Lipinski definition) is 1. The van der Waals surface area contributed by atoms with Gasteiger partial charge in [0, 0.05) is 12.1 Å². The molecule has 1 unspecified atom stereocenters. The molecule has 0 amide bonds. The van der Waals surface area contributed by atoms with Crippen LogP contribution in [0.3, 0.4) is 0 Å². The van der Waals surface area contributed by atoms with Crippen LogP contribution in [-0.4, -0.2) is 12.1 Å². The van der Waals surface area contributed by atoms with Gasteiger partial charge in [-0.3, -0.25) is 0 Å². The zero-order chi connectivity index (χ0) is 13.0. The van der Waals surface area contributed by atoms with Crippen LogP contribution in [0, 0.1) is 0 Å². The summed E-state index contributed by atoms with van der Waals surface area (Å²) in [6.45, 7) is 6.99. The quantitative estimate of drug-likeness (QED) is 0.769. The molecule has 1 aliphatic carbocycles. The lowest BCUT2D eigenvalue weighted by Gasteiger charge is -2.30. The fourth-order valence-electron chi connectivity index (χ4n) is 2.99. The van der Waals surface area contributed by atoms with Crippen molar-refractivity contribution in [2.75, 3.05) is 0 Å². The summed E-state index contributed by atoms with van der Waals surface area (Å²) in [4.78, 5) is 0. The van der Waals surface area contributed by atoms with Crippen molar-refractivity contribution in [2.24, 2.45) is 0 Å². The molecular weight excluding hydrogens is 218 g/mol. The molecule has 0 heterocycles. The zero-order valence-electron chi connectivity index (χ0n) is 11.8. The molecule has 1 aromatic carbocycles. The number of rotatable bonds is 5. The van der Waals surface area contributed by atoms with Gasteiger partial charge >= 0.3 is 0 Å². The first-order valence-corrected chi connectivity index (χ1v) is 7.04. The molecule has 0 bridgehead atoms. The highest BCUT2D eigenvalue weighted by Gasteiger charge is 2.24. The Morgan fingerprint density at radius 2 is 1.78 bits per heavy atom. The third-order valence-electron chi connectivity index (χ3n) is 3.90. The van der Waals surface area contributed by atoms with Crippen LogP contribution < -0.4 is 5.32 Å². The van der Waals surface area contributed by atoms with Gasteiger partial charge < -0.3 is 5.32 Å². The molecule has 1 heteroatoms. The standard InChI is InChI=1S/C17H25N/c1-14(18-16-11-7-8-12-16)13-17(2,3)15-9-5-4-6-10-15/h4-10,14,16,18H,11-13H2,1-3H3. The summed E-state index contributed by atoms with van der Waals surface area (Å²) < 4.78 is 0. The molecule has 98 valence electrons. The minimum absolute atomic E-state index is 0.236. The first kappa shape index (κ1) is 13.4. The molecule has 0 radical (unpaired) electrons. The van der Waals surface area contributed by atoms with Crippen LogP contribution in [0.25, 0.3) is 0 Å². The summed E-state index contributed by atoms with van der Waals surface area (Å²) in [5.41, 5.74) is 1.67. The molecular formula is C17H25N. The minimum atomic E-state index is 0.236. The van der Waals surface area contributed by atoms with Gasteiger partial charge in [-0.25, -0.2) is 0 Å². The number of benzene rings is 1. The molecule has 18 heavy (non-hydrogen) atoms. The van der Waals surface area contributed by atoms with Gasteiger partial charge in [0.1, 0.15) is 0 Å². The Morgan fingerprint density at radius 1 is 1.17 bits per heavy atom. The van der Waals surface area contributed by atoms with E-state index in [9.17, 15) is 0 Å². The van der Waals surface area contributed by atoms with Crippen molar-refractivity contribution >= 4 is 0 Å². The third-order valence-corrected chi connectivity index (χ3v) is 3.90. The SMILES string of the molecule is CC(CC(C)(C)c1ccccc1)NC1CC=CC1. The van der Waals surface area contributed by atoms with Crippen molar-refractivity contribution in [1.82, 2.24) is 5.32 Å². The van der Waals surface area contributed by atoms with E-state index in [0.29, 0.717) is 12.1 Å². The summed E-state index contributed by atoms with van der Waals surface area (Å²) in [5, 5.41) is 3.74. The van der Waals surface area contributed by atoms with Crippen molar-refractivity contribution in [3.05, 3.63) is 48.0 Å². The van der Waals surface area contributed by atoms with Gasteiger partial charge in [-0.1, -0.05) is 56.3 Å². The van der Waals surface area contributed by atoms with Gasteiger partial charge in [0.15, 0.2) is 0 Å². The van der Waals surface area contributed by atoms with Gasteiger partial charge in [-0.2, -0.15) is 0 Å². The second-order valence-corrected chi connectivity index (χ2v) is 6.16. The number of nitrogens with one attached hydrogen (secondary N) is 1. The molecule has 1 aromatic rings. The van der Waals surface area contributed by atoms with Crippen molar-refractivity contribution in [3.8, 4) is 0 Å². The van der Waals surface area contributed by atoms with E-state index in [1.165, 1.54) is 24.8 Å². The van der Waals surface area contributed by atoms with Crippen LogP contribution in [-0.2, 0) is 5.41 Å².